The molecule has 1 N–H and O–H groups in total. The summed E-state index contributed by atoms with van der Waals surface area (Å²) in [5.41, 5.74) is 2.00. The van der Waals surface area contributed by atoms with E-state index in [4.69, 9.17) is 27.7 Å². The Hall–Kier alpha value is -3.27. The van der Waals surface area contributed by atoms with E-state index in [1.54, 1.807) is 48.2 Å². The number of carbonyl (C=O) groups is 2. The van der Waals surface area contributed by atoms with Gasteiger partial charge in [-0.25, -0.2) is 0 Å². The molecule has 1 aliphatic rings. The van der Waals surface area contributed by atoms with Gasteiger partial charge >= 0.3 is 0 Å². The Balaban J connectivity index is 1.33. The highest BCUT2D eigenvalue weighted by atomic mass is 35.5. The summed E-state index contributed by atoms with van der Waals surface area (Å²) < 4.78 is 5.27. The Kier molecular flexibility index (Phi) is 6.07. The predicted octanol–water partition coefficient (Wildman–Crippen LogP) is 5.58. The number of benzene rings is 2. The Labute approximate surface area is 208 Å². The van der Waals surface area contributed by atoms with Crippen LogP contribution in [0.25, 0.3) is 11.3 Å². The number of aromatic nitrogens is 3. The van der Waals surface area contributed by atoms with E-state index in [2.05, 4.69) is 20.7 Å². The molecule has 34 heavy (non-hydrogen) atoms. The average molecular weight is 514 g/mol. The van der Waals surface area contributed by atoms with E-state index in [9.17, 15) is 9.59 Å². The van der Waals surface area contributed by atoms with Crippen LogP contribution in [0.2, 0.25) is 10.0 Å². The van der Waals surface area contributed by atoms with Crippen molar-refractivity contribution in [1.29, 1.82) is 0 Å². The lowest BCUT2D eigenvalue weighted by atomic mass is 10.1. The molecule has 0 saturated carbocycles. The molecule has 2 aromatic heterocycles. The van der Waals surface area contributed by atoms with Crippen molar-refractivity contribution in [3.63, 3.8) is 0 Å². The molecule has 1 unspecified atom stereocenters. The monoisotopic (exact) mass is 513 g/mol. The predicted molar refractivity (Wildman–Crippen MR) is 131 cm³/mol. The highest BCUT2D eigenvalue weighted by Crippen LogP contribution is 2.35. The van der Waals surface area contributed by atoms with Crippen LogP contribution in [-0.2, 0) is 4.79 Å². The van der Waals surface area contributed by atoms with Crippen LogP contribution >= 0.6 is 34.5 Å². The van der Waals surface area contributed by atoms with E-state index in [0.29, 0.717) is 50.2 Å². The van der Waals surface area contributed by atoms with Gasteiger partial charge in [0.05, 0.1) is 5.02 Å². The zero-order valence-corrected chi connectivity index (χ0v) is 20.1. The second kappa shape index (κ2) is 9.17. The van der Waals surface area contributed by atoms with Gasteiger partial charge in [0.1, 0.15) is 22.0 Å². The molecule has 1 saturated heterocycles. The summed E-state index contributed by atoms with van der Waals surface area (Å²) in [6.07, 6.45) is 0.312. The number of carbonyl (C=O) groups excluding carboxylic acids is 2. The summed E-state index contributed by atoms with van der Waals surface area (Å²) in [5, 5.41) is 17.2. The van der Waals surface area contributed by atoms with Crippen molar-refractivity contribution in [2.24, 2.45) is 0 Å². The molecule has 172 valence electrons. The molecule has 0 bridgehead atoms. The zero-order chi connectivity index (χ0) is 23.8. The van der Waals surface area contributed by atoms with E-state index >= 15 is 0 Å². The second-order valence-electron chi connectivity index (χ2n) is 7.72. The Morgan fingerprint density at radius 3 is 2.68 bits per heavy atom. The molecular formula is C23H17Cl2N5O3S. The van der Waals surface area contributed by atoms with Crippen LogP contribution in [0.1, 0.15) is 33.5 Å². The number of hydrogen-bond donors (Lipinski definition) is 1. The molecule has 1 fully saturated rings. The molecule has 8 nitrogen and oxygen atoms in total. The molecule has 0 spiro atoms. The quantitative estimate of drug-likeness (QED) is 0.373. The number of aryl methyl sites for hydroxylation is 1. The van der Waals surface area contributed by atoms with Crippen molar-refractivity contribution < 1.29 is 14.1 Å². The standard InChI is InChI=1S/C23H17Cl2N5O3S/c1-12-19(20(29-33-12)16-4-2-3-5-17(16)25)21(32)26-23-28-27-22(34-23)13-10-18(31)30(11-13)15-8-6-14(24)7-9-15/h2-9,13H,10-11H2,1H3,(H,26,28,32). The number of nitrogens with one attached hydrogen (secondary N) is 1. The summed E-state index contributed by atoms with van der Waals surface area (Å²) in [5.74, 6) is -0.196. The van der Waals surface area contributed by atoms with Gasteiger partial charge in [-0.2, -0.15) is 0 Å². The molecule has 11 heteroatoms. The molecule has 5 rings (SSSR count). The molecular weight excluding hydrogens is 497 g/mol. The largest absolute Gasteiger partial charge is 0.360 e. The first-order valence-electron chi connectivity index (χ1n) is 10.3. The smallest absolute Gasteiger partial charge is 0.263 e. The first-order valence-corrected chi connectivity index (χ1v) is 11.9. The van der Waals surface area contributed by atoms with Gasteiger partial charge in [-0.3, -0.25) is 14.9 Å². The van der Waals surface area contributed by atoms with Crippen molar-refractivity contribution in [3.05, 3.63) is 74.9 Å². The number of rotatable bonds is 5. The normalized spacial score (nSPS) is 15.7. The van der Waals surface area contributed by atoms with Crippen LogP contribution in [-0.4, -0.2) is 33.7 Å². The molecule has 2 amide bonds. The SMILES string of the molecule is Cc1onc(-c2ccccc2Cl)c1C(=O)Nc1nnc(C2CC(=O)N(c3ccc(Cl)cc3)C2)s1. The maximum Gasteiger partial charge on any atom is 0.263 e. The molecule has 4 aromatic rings. The fraction of sp³-hybridized carbons (Fsp3) is 0.174. The van der Waals surface area contributed by atoms with Crippen LogP contribution in [0, 0.1) is 6.92 Å². The Morgan fingerprint density at radius 2 is 1.91 bits per heavy atom. The first kappa shape index (κ1) is 22.5. The van der Waals surface area contributed by atoms with E-state index in [1.807, 2.05) is 12.1 Å². The van der Waals surface area contributed by atoms with E-state index in [1.165, 1.54) is 11.3 Å². The van der Waals surface area contributed by atoms with Crippen LogP contribution in [0.4, 0.5) is 10.8 Å². The van der Waals surface area contributed by atoms with Gasteiger partial charge in [-0.1, -0.05) is 57.9 Å². The van der Waals surface area contributed by atoms with Gasteiger partial charge in [0.15, 0.2) is 0 Å². The number of anilines is 2. The lowest BCUT2D eigenvalue weighted by molar-refractivity contribution is -0.117. The Bertz CT molecular complexity index is 1390. The number of amides is 2. The van der Waals surface area contributed by atoms with Crippen LogP contribution in [0.5, 0.6) is 0 Å². The summed E-state index contributed by atoms with van der Waals surface area (Å²) >= 11 is 13.5. The van der Waals surface area contributed by atoms with Gasteiger partial charge in [0.2, 0.25) is 11.0 Å². The number of nitrogens with zero attached hydrogens (tertiary/aromatic N) is 4. The fourth-order valence-electron chi connectivity index (χ4n) is 3.83. The van der Waals surface area contributed by atoms with Crippen molar-refractivity contribution in [2.45, 2.75) is 19.3 Å². The van der Waals surface area contributed by atoms with Gasteiger partial charge in [-0.15, -0.1) is 10.2 Å². The van der Waals surface area contributed by atoms with Gasteiger partial charge < -0.3 is 9.42 Å². The van der Waals surface area contributed by atoms with E-state index in [0.717, 1.165) is 5.69 Å². The maximum absolute atomic E-state index is 13.1. The zero-order valence-electron chi connectivity index (χ0n) is 17.8. The molecule has 0 aliphatic carbocycles. The van der Waals surface area contributed by atoms with Crippen LogP contribution in [0.3, 0.4) is 0 Å². The average Bonchev–Trinajstić information content (AvgIpc) is 3.53. The van der Waals surface area contributed by atoms with Crippen molar-refractivity contribution in [2.75, 3.05) is 16.8 Å². The van der Waals surface area contributed by atoms with Crippen LogP contribution in [0.15, 0.2) is 53.1 Å². The summed E-state index contributed by atoms with van der Waals surface area (Å²) in [6, 6.07) is 14.2. The van der Waals surface area contributed by atoms with Crippen LogP contribution < -0.4 is 10.2 Å². The third-order valence-electron chi connectivity index (χ3n) is 5.49. The molecule has 1 aliphatic heterocycles. The van der Waals surface area contributed by atoms with Gasteiger partial charge in [0.25, 0.3) is 5.91 Å². The topological polar surface area (TPSA) is 101 Å². The summed E-state index contributed by atoms with van der Waals surface area (Å²) in [4.78, 5) is 27.3. The number of hydrogen-bond acceptors (Lipinski definition) is 7. The fourth-order valence-corrected chi connectivity index (χ4v) is 5.01. The lowest BCUT2D eigenvalue weighted by Crippen LogP contribution is -2.24. The third-order valence-corrected chi connectivity index (χ3v) is 7.08. The molecule has 1 atom stereocenters. The van der Waals surface area contributed by atoms with Gasteiger partial charge in [-0.05, 0) is 37.3 Å². The third kappa shape index (κ3) is 4.29. The molecule has 2 aromatic carbocycles. The van der Waals surface area contributed by atoms with Crippen molar-refractivity contribution >= 4 is 57.2 Å². The maximum atomic E-state index is 13.1. The van der Waals surface area contributed by atoms with E-state index < -0.39 is 5.91 Å². The minimum Gasteiger partial charge on any atom is -0.360 e. The summed E-state index contributed by atoms with van der Waals surface area (Å²) in [6.45, 7) is 2.13. The van der Waals surface area contributed by atoms with E-state index in [-0.39, 0.29) is 17.4 Å². The molecule has 0 radical (unpaired) electrons. The second-order valence-corrected chi connectivity index (χ2v) is 9.58. The minimum atomic E-state index is -0.429. The van der Waals surface area contributed by atoms with Gasteiger partial charge in [0, 0.05) is 35.2 Å². The number of halogens is 2. The molecule has 3 heterocycles. The minimum absolute atomic E-state index is 0.00224. The highest BCUT2D eigenvalue weighted by Gasteiger charge is 2.34. The first-order chi connectivity index (χ1) is 16.4. The summed E-state index contributed by atoms with van der Waals surface area (Å²) in [7, 11) is 0. The lowest BCUT2D eigenvalue weighted by Gasteiger charge is -2.16. The highest BCUT2D eigenvalue weighted by molar-refractivity contribution is 7.15. The van der Waals surface area contributed by atoms with Crippen molar-refractivity contribution in [3.8, 4) is 11.3 Å². The van der Waals surface area contributed by atoms with Crippen molar-refractivity contribution in [1.82, 2.24) is 15.4 Å². The Morgan fingerprint density at radius 1 is 1.15 bits per heavy atom.